The second-order valence-electron chi connectivity index (χ2n) is 5.48. The second kappa shape index (κ2) is 14.5. The van der Waals surface area contributed by atoms with Crippen LogP contribution in [0.25, 0.3) is 0 Å². The van der Waals surface area contributed by atoms with Crippen LogP contribution in [-0.4, -0.2) is 51.3 Å². The number of rotatable bonds is 16. The highest BCUT2D eigenvalue weighted by Crippen LogP contribution is 2.49. The molecule has 0 aliphatic rings. The first-order valence-corrected chi connectivity index (χ1v) is 10.8. The number of ether oxygens (including phenoxy) is 2. The van der Waals surface area contributed by atoms with Crippen molar-refractivity contribution in [3.05, 3.63) is 12.2 Å². The number of phosphoric ester groups is 1. The Morgan fingerprint density at radius 2 is 1.39 bits per heavy atom. The molecule has 0 radical (unpaired) electrons. The van der Waals surface area contributed by atoms with E-state index in [2.05, 4.69) is 0 Å². The summed E-state index contributed by atoms with van der Waals surface area (Å²) < 4.78 is 37.5. The Morgan fingerprint density at radius 1 is 0.857 bits per heavy atom. The lowest BCUT2D eigenvalue weighted by Gasteiger charge is -2.27. The summed E-state index contributed by atoms with van der Waals surface area (Å²) in [6.45, 7) is 6.91. The number of carbonyl (C=O) groups excluding carboxylic acids is 3. The maximum atomic E-state index is 12.5. The third-order valence-corrected chi connectivity index (χ3v) is 5.17. The van der Waals surface area contributed by atoms with Crippen LogP contribution in [0.15, 0.2) is 12.2 Å². The fourth-order valence-electron chi connectivity index (χ4n) is 2.31. The van der Waals surface area contributed by atoms with Crippen LogP contribution in [-0.2, 0) is 42.0 Å². The van der Waals surface area contributed by atoms with Crippen LogP contribution in [0.5, 0.6) is 0 Å². The standard InChI is InChI=1S/C18H31O9P/c1-5-23-16(20)18(13-11-14-19,17(21)24-6-2)12-9-10-15-27-28(22,25-7-3)26-8-4/h9-10,14H,5-8,11-13,15H2,1-4H3/b10-9+. The third kappa shape index (κ3) is 8.65. The van der Waals surface area contributed by atoms with Gasteiger partial charge in [-0.3, -0.25) is 23.2 Å². The molecule has 0 aromatic rings. The van der Waals surface area contributed by atoms with Crippen molar-refractivity contribution in [2.75, 3.05) is 33.0 Å². The number of hydrogen-bond donors (Lipinski definition) is 0. The monoisotopic (exact) mass is 422 g/mol. The SMILES string of the molecule is CCOC(=O)C(C/C=C/COP(=O)(OCC)OCC)(CCC=O)C(=O)OCC. The average Bonchev–Trinajstić information content (AvgIpc) is 2.64. The summed E-state index contributed by atoms with van der Waals surface area (Å²) in [5.74, 6) is -1.51. The molecule has 162 valence electrons. The van der Waals surface area contributed by atoms with E-state index in [9.17, 15) is 18.9 Å². The van der Waals surface area contributed by atoms with Gasteiger partial charge in [-0.15, -0.1) is 0 Å². The maximum absolute atomic E-state index is 12.5. The largest absolute Gasteiger partial charge is 0.475 e. The fourth-order valence-corrected chi connectivity index (χ4v) is 3.44. The summed E-state index contributed by atoms with van der Waals surface area (Å²) in [6, 6.07) is 0. The van der Waals surface area contributed by atoms with E-state index in [0.717, 1.165) is 0 Å². The summed E-state index contributed by atoms with van der Waals surface area (Å²) in [5.41, 5.74) is -1.63. The topological polar surface area (TPSA) is 114 Å². The zero-order valence-electron chi connectivity index (χ0n) is 17.0. The number of esters is 2. The molecular weight excluding hydrogens is 391 g/mol. The Hall–Kier alpha value is -1.54. The molecule has 0 aliphatic carbocycles. The Bertz CT molecular complexity index is 531. The van der Waals surface area contributed by atoms with E-state index in [0.29, 0.717) is 6.29 Å². The predicted molar refractivity (Wildman–Crippen MR) is 102 cm³/mol. The summed E-state index contributed by atoms with van der Waals surface area (Å²) in [4.78, 5) is 35.8. The van der Waals surface area contributed by atoms with Gasteiger partial charge in [0.15, 0.2) is 5.41 Å². The van der Waals surface area contributed by atoms with Crippen LogP contribution < -0.4 is 0 Å². The lowest BCUT2D eigenvalue weighted by atomic mass is 9.80. The van der Waals surface area contributed by atoms with Gasteiger partial charge in [-0.1, -0.05) is 12.2 Å². The summed E-state index contributed by atoms with van der Waals surface area (Å²) in [5, 5.41) is 0. The molecule has 0 aliphatic heterocycles. The minimum Gasteiger partial charge on any atom is -0.465 e. The first-order chi connectivity index (χ1) is 13.4. The Morgan fingerprint density at radius 3 is 1.82 bits per heavy atom. The van der Waals surface area contributed by atoms with Crippen molar-refractivity contribution in [2.45, 2.75) is 47.0 Å². The van der Waals surface area contributed by atoms with Crippen LogP contribution in [0, 0.1) is 5.41 Å². The minimum atomic E-state index is -3.66. The Labute approximate surface area is 166 Å². The molecule has 0 N–H and O–H groups in total. The van der Waals surface area contributed by atoms with Gasteiger partial charge in [-0.25, -0.2) is 4.57 Å². The number of phosphoric acid groups is 1. The van der Waals surface area contributed by atoms with Crippen LogP contribution in [0.1, 0.15) is 47.0 Å². The quantitative estimate of drug-likeness (QED) is 0.122. The number of carbonyl (C=O) groups is 3. The zero-order valence-corrected chi connectivity index (χ0v) is 17.9. The molecule has 28 heavy (non-hydrogen) atoms. The molecule has 0 saturated heterocycles. The van der Waals surface area contributed by atoms with Gasteiger partial charge in [-0.2, -0.15) is 0 Å². The van der Waals surface area contributed by atoms with Crippen molar-refractivity contribution >= 4 is 26.0 Å². The van der Waals surface area contributed by atoms with Crippen molar-refractivity contribution in [1.29, 1.82) is 0 Å². The van der Waals surface area contributed by atoms with E-state index in [1.807, 2.05) is 0 Å². The normalized spacial score (nSPS) is 12.1. The number of allylic oxidation sites excluding steroid dienone is 1. The summed E-state index contributed by atoms with van der Waals surface area (Å²) in [7, 11) is -3.66. The van der Waals surface area contributed by atoms with Gasteiger partial charge < -0.3 is 14.3 Å². The highest BCUT2D eigenvalue weighted by Gasteiger charge is 2.47. The molecule has 0 amide bonds. The highest BCUT2D eigenvalue weighted by molar-refractivity contribution is 7.48. The first-order valence-electron chi connectivity index (χ1n) is 9.32. The Balaban J connectivity index is 5.27. The van der Waals surface area contributed by atoms with Crippen LogP contribution >= 0.6 is 7.82 Å². The van der Waals surface area contributed by atoms with Gasteiger partial charge in [0.25, 0.3) is 0 Å². The van der Waals surface area contributed by atoms with Crippen LogP contribution in [0.4, 0.5) is 0 Å². The van der Waals surface area contributed by atoms with Gasteiger partial charge in [-0.05, 0) is 40.5 Å². The summed E-state index contributed by atoms with van der Waals surface area (Å²) >= 11 is 0. The first kappa shape index (κ1) is 26.5. The lowest BCUT2D eigenvalue weighted by Crippen LogP contribution is -2.42. The van der Waals surface area contributed by atoms with Gasteiger partial charge in [0.2, 0.25) is 0 Å². The van der Waals surface area contributed by atoms with Crippen molar-refractivity contribution in [3.8, 4) is 0 Å². The highest BCUT2D eigenvalue weighted by atomic mass is 31.2. The Kier molecular flexibility index (Phi) is 13.7. The van der Waals surface area contributed by atoms with Gasteiger partial charge in [0.05, 0.1) is 33.0 Å². The molecule has 0 rings (SSSR count). The van der Waals surface area contributed by atoms with Crippen LogP contribution in [0.3, 0.4) is 0 Å². The van der Waals surface area contributed by atoms with E-state index < -0.39 is 25.2 Å². The number of aldehydes is 1. The smallest absolute Gasteiger partial charge is 0.465 e. The second-order valence-corrected chi connectivity index (χ2v) is 7.15. The molecule has 9 nitrogen and oxygen atoms in total. The van der Waals surface area contributed by atoms with Crippen LogP contribution in [0.2, 0.25) is 0 Å². The van der Waals surface area contributed by atoms with E-state index in [-0.39, 0.29) is 52.3 Å². The molecular formula is C18H31O9P. The van der Waals surface area contributed by atoms with Crippen molar-refractivity contribution in [2.24, 2.45) is 5.41 Å². The minimum absolute atomic E-state index is 0.00808. The molecule has 0 heterocycles. The molecule has 0 spiro atoms. The molecule has 0 fully saturated rings. The molecule has 0 aromatic carbocycles. The molecule has 0 bridgehead atoms. The predicted octanol–water partition coefficient (Wildman–Crippen LogP) is 3.22. The summed E-state index contributed by atoms with van der Waals surface area (Å²) in [6.07, 6.45) is 3.51. The number of hydrogen-bond acceptors (Lipinski definition) is 9. The molecule has 0 saturated carbocycles. The molecule has 0 aromatic heterocycles. The van der Waals surface area contributed by atoms with Crippen molar-refractivity contribution < 1.29 is 42.0 Å². The zero-order chi connectivity index (χ0) is 21.5. The van der Waals surface area contributed by atoms with E-state index in [1.54, 1.807) is 27.7 Å². The molecule has 0 atom stereocenters. The van der Waals surface area contributed by atoms with E-state index in [1.165, 1.54) is 12.2 Å². The average molecular weight is 422 g/mol. The lowest BCUT2D eigenvalue weighted by molar-refractivity contribution is -0.172. The van der Waals surface area contributed by atoms with Crippen molar-refractivity contribution in [1.82, 2.24) is 0 Å². The maximum Gasteiger partial charge on any atom is 0.475 e. The van der Waals surface area contributed by atoms with Gasteiger partial charge in [0.1, 0.15) is 6.29 Å². The van der Waals surface area contributed by atoms with E-state index in [4.69, 9.17) is 23.0 Å². The van der Waals surface area contributed by atoms with Crippen molar-refractivity contribution in [3.63, 3.8) is 0 Å². The van der Waals surface area contributed by atoms with E-state index >= 15 is 0 Å². The molecule has 0 unspecified atom stereocenters. The van der Waals surface area contributed by atoms with Gasteiger partial charge in [0, 0.05) is 6.42 Å². The third-order valence-electron chi connectivity index (χ3n) is 3.56. The fraction of sp³-hybridized carbons (Fsp3) is 0.722. The molecule has 10 heteroatoms. The van der Waals surface area contributed by atoms with Gasteiger partial charge >= 0.3 is 19.8 Å².